The Hall–Kier alpha value is -1.10. The van der Waals surface area contributed by atoms with Gasteiger partial charge in [-0.15, -0.1) is 23.7 Å². The molecule has 0 atom stereocenters. The monoisotopic (exact) mass is 350 g/mol. The van der Waals surface area contributed by atoms with Crippen LogP contribution in [0.1, 0.15) is 24.8 Å². The van der Waals surface area contributed by atoms with Crippen LogP contribution in [0.4, 0.5) is 0 Å². The highest BCUT2D eigenvalue weighted by Gasteiger charge is 2.37. The molecule has 0 bridgehead atoms. The first-order valence-corrected chi connectivity index (χ1v) is 9.07. The van der Waals surface area contributed by atoms with Crippen molar-refractivity contribution in [2.75, 3.05) is 26.2 Å². The average Bonchev–Trinajstić information content (AvgIpc) is 3.16. The molecule has 2 aliphatic heterocycles. The minimum absolute atomic E-state index is 0. The third-order valence-electron chi connectivity index (χ3n) is 5.41. The van der Waals surface area contributed by atoms with Crippen LogP contribution in [0, 0.1) is 5.41 Å². The van der Waals surface area contributed by atoms with E-state index in [-0.39, 0.29) is 12.4 Å². The number of halogens is 1. The van der Waals surface area contributed by atoms with Gasteiger partial charge in [0, 0.05) is 24.3 Å². The van der Waals surface area contributed by atoms with Crippen LogP contribution in [-0.2, 0) is 11.2 Å². The van der Waals surface area contributed by atoms with E-state index < -0.39 is 0 Å². The number of piperidine rings is 1. The Balaban J connectivity index is 0.00000156. The van der Waals surface area contributed by atoms with Crippen LogP contribution in [0.15, 0.2) is 29.6 Å². The van der Waals surface area contributed by atoms with Gasteiger partial charge in [0.25, 0.3) is 0 Å². The maximum Gasteiger partial charge on any atom is 0.227 e. The van der Waals surface area contributed by atoms with Crippen molar-refractivity contribution >= 4 is 39.7 Å². The Morgan fingerprint density at radius 3 is 2.74 bits per heavy atom. The van der Waals surface area contributed by atoms with Crippen molar-refractivity contribution in [3.8, 4) is 0 Å². The molecule has 2 aliphatic rings. The second-order valence-electron chi connectivity index (χ2n) is 6.74. The number of nitrogens with zero attached hydrogens (tertiary/aromatic N) is 1. The van der Waals surface area contributed by atoms with Gasteiger partial charge in [0.2, 0.25) is 5.91 Å². The molecule has 2 fully saturated rings. The van der Waals surface area contributed by atoms with Gasteiger partial charge < -0.3 is 10.2 Å². The zero-order chi connectivity index (χ0) is 15.0. The molecule has 1 amide bonds. The van der Waals surface area contributed by atoms with Crippen molar-refractivity contribution in [1.29, 1.82) is 0 Å². The van der Waals surface area contributed by atoms with Gasteiger partial charge in [-0.2, -0.15) is 0 Å². The van der Waals surface area contributed by atoms with Crippen molar-refractivity contribution in [3.05, 3.63) is 35.2 Å². The fourth-order valence-electron chi connectivity index (χ4n) is 3.90. The summed E-state index contributed by atoms with van der Waals surface area (Å²) in [7, 11) is 0. The van der Waals surface area contributed by atoms with Crippen molar-refractivity contribution in [2.45, 2.75) is 25.7 Å². The number of carbonyl (C=O) groups is 1. The van der Waals surface area contributed by atoms with Crippen LogP contribution in [0.5, 0.6) is 0 Å². The molecule has 3 heterocycles. The molecule has 1 aromatic carbocycles. The van der Waals surface area contributed by atoms with Crippen LogP contribution in [-0.4, -0.2) is 37.0 Å². The maximum absolute atomic E-state index is 12.6. The smallest absolute Gasteiger partial charge is 0.227 e. The van der Waals surface area contributed by atoms with Gasteiger partial charge in [0.05, 0.1) is 6.42 Å². The number of amides is 1. The van der Waals surface area contributed by atoms with E-state index in [9.17, 15) is 4.79 Å². The van der Waals surface area contributed by atoms with Crippen LogP contribution < -0.4 is 5.32 Å². The molecule has 0 aliphatic carbocycles. The van der Waals surface area contributed by atoms with E-state index >= 15 is 0 Å². The molecule has 124 valence electrons. The second-order valence-corrected chi connectivity index (χ2v) is 7.65. The predicted molar refractivity (Wildman–Crippen MR) is 98.5 cm³/mol. The first kappa shape index (κ1) is 16.7. The summed E-state index contributed by atoms with van der Waals surface area (Å²) in [5.41, 5.74) is 1.67. The number of fused-ring (bicyclic) bond motifs is 1. The van der Waals surface area contributed by atoms with Gasteiger partial charge in [-0.05, 0) is 53.6 Å². The molecular formula is C18H23ClN2OS. The molecule has 0 saturated carbocycles. The summed E-state index contributed by atoms with van der Waals surface area (Å²) in [6.45, 7) is 4.16. The van der Waals surface area contributed by atoms with Crippen molar-refractivity contribution in [1.82, 2.24) is 10.2 Å². The third kappa shape index (κ3) is 3.25. The molecule has 1 aromatic heterocycles. The molecule has 23 heavy (non-hydrogen) atoms. The summed E-state index contributed by atoms with van der Waals surface area (Å²) in [6, 6.07) is 8.38. The van der Waals surface area contributed by atoms with E-state index in [1.54, 1.807) is 11.3 Å². The number of nitrogens with one attached hydrogen (secondary N) is 1. The SMILES string of the molecule is Cl.O=C(Cc1csc2ccccc12)N1CCC2(CCNC2)CC1. The molecule has 3 nitrogen and oxygen atoms in total. The Kier molecular flexibility index (Phi) is 4.95. The van der Waals surface area contributed by atoms with E-state index in [1.807, 2.05) is 0 Å². The lowest BCUT2D eigenvalue weighted by Crippen LogP contribution is -2.44. The third-order valence-corrected chi connectivity index (χ3v) is 6.42. The summed E-state index contributed by atoms with van der Waals surface area (Å²) in [5.74, 6) is 0.296. The molecule has 2 aromatic rings. The fraction of sp³-hybridized carbons (Fsp3) is 0.500. The van der Waals surface area contributed by atoms with Crippen molar-refractivity contribution < 1.29 is 4.79 Å². The van der Waals surface area contributed by atoms with Gasteiger partial charge in [-0.3, -0.25) is 4.79 Å². The average molecular weight is 351 g/mol. The van der Waals surface area contributed by atoms with Gasteiger partial charge in [-0.25, -0.2) is 0 Å². The van der Waals surface area contributed by atoms with Gasteiger partial charge in [0.1, 0.15) is 0 Å². The number of hydrogen-bond acceptors (Lipinski definition) is 3. The minimum Gasteiger partial charge on any atom is -0.342 e. The van der Waals surface area contributed by atoms with Crippen LogP contribution in [0.2, 0.25) is 0 Å². The zero-order valence-electron chi connectivity index (χ0n) is 13.2. The van der Waals surface area contributed by atoms with Crippen LogP contribution in [0.3, 0.4) is 0 Å². The normalized spacial score (nSPS) is 19.9. The number of benzene rings is 1. The van der Waals surface area contributed by atoms with Crippen LogP contribution >= 0.6 is 23.7 Å². The van der Waals surface area contributed by atoms with Crippen LogP contribution in [0.25, 0.3) is 10.1 Å². The highest BCUT2D eigenvalue weighted by molar-refractivity contribution is 7.17. The van der Waals surface area contributed by atoms with Gasteiger partial charge in [-0.1, -0.05) is 18.2 Å². The van der Waals surface area contributed by atoms with Gasteiger partial charge >= 0.3 is 0 Å². The number of thiophene rings is 1. The number of carbonyl (C=O) groups excluding carboxylic acids is 1. The maximum atomic E-state index is 12.6. The predicted octanol–water partition coefficient (Wildman–Crippen LogP) is 3.47. The molecule has 5 heteroatoms. The lowest BCUT2D eigenvalue weighted by atomic mass is 9.78. The first-order chi connectivity index (χ1) is 10.8. The minimum atomic E-state index is 0. The Labute approximate surface area is 147 Å². The van der Waals surface area contributed by atoms with E-state index in [2.05, 4.69) is 39.9 Å². The van der Waals surface area contributed by atoms with Crippen molar-refractivity contribution in [3.63, 3.8) is 0 Å². The molecule has 2 saturated heterocycles. The number of likely N-dealkylation sites (tertiary alicyclic amines) is 1. The topological polar surface area (TPSA) is 32.3 Å². The molecule has 0 radical (unpaired) electrons. The second kappa shape index (κ2) is 6.80. The van der Waals surface area contributed by atoms with E-state index in [0.717, 1.165) is 39.0 Å². The Morgan fingerprint density at radius 1 is 1.22 bits per heavy atom. The number of hydrogen-bond donors (Lipinski definition) is 1. The van der Waals surface area contributed by atoms with Crippen molar-refractivity contribution in [2.24, 2.45) is 5.41 Å². The zero-order valence-corrected chi connectivity index (χ0v) is 14.8. The molecule has 1 N–H and O–H groups in total. The largest absolute Gasteiger partial charge is 0.342 e. The molecule has 1 spiro atoms. The highest BCUT2D eigenvalue weighted by atomic mass is 35.5. The molecular weight excluding hydrogens is 328 g/mol. The quantitative estimate of drug-likeness (QED) is 0.899. The fourth-order valence-corrected chi connectivity index (χ4v) is 4.86. The lowest BCUT2D eigenvalue weighted by Gasteiger charge is -2.39. The Morgan fingerprint density at radius 2 is 2.00 bits per heavy atom. The number of rotatable bonds is 2. The Bertz CT molecular complexity index is 683. The van der Waals surface area contributed by atoms with E-state index in [0.29, 0.717) is 17.7 Å². The summed E-state index contributed by atoms with van der Waals surface area (Å²) in [6.07, 6.45) is 4.16. The highest BCUT2D eigenvalue weighted by Crippen LogP contribution is 2.37. The molecule has 0 unspecified atom stereocenters. The summed E-state index contributed by atoms with van der Waals surface area (Å²) in [4.78, 5) is 14.7. The standard InChI is InChI=1S/C18H22N2OS.ClH/c21-17(11-14-12-22-16-4-2-1-3-15(14)16)20-9-6-18(7-10-20)5-8-19-13-18;/h1-4,12,19H,5-11,13H2;1H. The lowest BCUT2D eigenvalue weighted by molar-refractivity contribution is -0.132. The van der Waals surface area contributed by atoms with Gasteiger partial charge in [0.15, 0.2) is 0 Å². The van der Waals surface area contributed by atoms with E-state index in [4.69, 9.17) is 0 Å². The summed E-state index contributed by atoms with van der Waals surface area (Å²) in [5, 5.41) is 6.87. The summed E-state index contributed by atoms with van der Waals surface area (Å²) >= 11 is 1.74. The summed E-state index contributed by atoms with van der Waals surface area (Å²) < 4.78 is 1.28. The molecule has 4 rings (SSSR count). The van der Waals surface area contributed by atoms with E-state index in [1.165, 1.54) is 22.1 Å². The first-order valence-electron chi connectivity index (χ1n) is 8.19.